The van der Waals surface area contributed by atoms with Crippen LogP contribution in [0.5, 0.6) is 0 Å². The average Bonchev–Trinajstić information content (AvgIpc) is 3.08. The molecule has 0 N–H and O–H groups in total. The second kappa shape index (κ2) is 5.44. The molecule has 7 heteroatoms. The van der Waals surface area contributed by atoms with Crippen molar-refractivity contribution in [1.82, 2.24) is 19.7 Å². The maximum absolute atomic E-state index is 16.0. The molecule has 1 unspecified atom stereocenters. The van der Waals surface area contributed by atoms with Gasteiger partial charge in [0.1, 0.15) is 12.0 Å². The third-order valence-electron chi connectivity index (χ3n) is 4.32. The van der Waals surface area contributed by atoms with Gasteiger partial charge in [-0.25, -0.2) is 14.4 Å². The Hall–Kier alpha value is -2.15. The number of benzene rings is 1. The van der Waals surface area contributed by atoms with Gasteiger partial charge < -0.3 is 0 Å². The highest BCUT2D eigenvalue weighted by Crippen LogP contribution is 2.44. The summed E-state index contributed by atoms with van der Waals surface area (Å²) in [6.45, 7) is 2.73. The van der Waals surface area contributed by atoms with Gasteiger partial charge in [-0.15, -0.1) is 0 Å². The van der Waals surface area contributed by atoms with E-state index in [0.717, 1.165) is 10.9 Å². The van der Waals surface area contributed by atoms with Crippen LogP contribution in [0.4, 0.5) is 4.39 Å². The number of ketones is 1. The third-order valence-corrected chi connectivity index (χ3v) is 4.81. The lowest BCUT2D eigenvalue weighted by atomic mass is 9.91. The second-order valence-electron chi connectivity index (χ2n) is 5.91. The van der Waals surface area contributed by atoms with E-state index in [0.29, 0.717) is 28.7 Å². The van der Waals surface area contributed by atoms with E-state index in [1.165, 1.54) is 6.33 Å². The van der Waals surface area contributed by atoms with Crippen LogP contribution in [0.15, 0.2) is 35.2 Å². The number of rotatable bonds is 3. The number of carbonyl (C=O) groups excluding carboxylic acids is 1. The van der Waals surface area contributed by atoms with E-state index in [2.05, 4.69) is 31.0 Å². The number of hydrogen-bond donors (Lipinski definition) is 0. The number of aryl methyl sites for hydroxylation is 1. The lowest BCUT2D eigenvalue weighted by Crippen LogP contribution is -2.29. The van der Waals surface area contributed by atoms with Crippen molar-refractivity contribution in [3.05, 3.63) is 52.0 Å². The van der Waals surface area contributed by atoms with Crippen molar-refractivity contribution in [1.29, 1.82) is 0 Å². The van der Waals surface area contributed by atoms with E-state index in [1.807, 2.05) is 13.0 Å². The first kappa shape index (κ1) is 15.4. The van der Waals surface area contributed by atoms with Gasteiger partial charge in [-0.1, -0.05) is 28.9 Å². The zero-order valence-corrected chi connectivity index (χ0v) is 14.5. The molecule has 0 saturated heterocycles. The van der Waals surface area contributed by atoms with Crippen LogP contribution >= 0.6 is 15.9 Å². The summed E-state index contributed by atoms with van der Waals surface area (Å²) < 4.78 is 18.5. The van der Waals surface area contributed by atoms with Crippen molar-refractivity contribution in [2.45, 2.75) is 32.0 Å². The van der Waals surface area contributed by atoms with Crippen LogP contribution in [0.2, 0.25) is 0 Å². The van der Waals surface area contributed by atoms with Crippen LogP contribution in [0.1, 0.15) is 30.2 Å². The van der Waals surface area contributed by atoms with E-state index < -0.39 is 11.5 Å². The third kappa shape index (κ3) is 2.11. The first-order chi connectivity index (χ1) is 11.5. The maximum atomic E-state index is 16.0. The Balaban J connectivity index is 1.97. The number of halogens is 2. The number of aromatic nitrogens is 4. The molecule has 2 heterocycles. The lowest BCUT2D eigenvalue weighted by molar-refractivity contribution is -0.126. The largest absolute Gasteiger partial charge is 0.295 e. The normalized spacial score (nSPS) is 19.9. The van der Waals surface area contributed by atoms with E-state index in [-0.39, 0.29) is 12.1 Å². The number of carbonyl (C=O) groups is 1. The zero-order chi connectivity index (χ0) is 16.9. The Morgan fingerprint density at radius 3 is 3.00 bits per heavy atom. The maximum Gasteiger partial charge on any atom is 0.236 e. The summed E-state index contributed by atoms with van der Waals surface area (Å²) in [7, 11) is 0. The van der Waals surface area contributed by atoms with Gasteiger partial charge in [0.25, 0.3) is 0 Å². The molecule has 0 aliphatic heterocycles. The molecule has 0 amide bonds. The van der Waals surface area contributed by atoms with Gasteiger partial charge in [-0.2, -0.15) is 5.10 Å². The quantitative estimate of drug-likeness (QED) is 0.690. The van der Waals surface area contributed by atoms with Crippen molar-refractivity contribution in [3.8, 4) is 0 Å². The zero-order valence-electron chi connectivity index (χ0n) is 13.0. The number of fused-ring (bicyclic) bond motifs is 2. The summed E-state index contributed by atoms with van der Waals surface area (Å²) in [6, 6.07) is 5.24. The predicted octanol–water partition coefficient (Wildman–Crippen LogP) is 3.34. The van der Waals surface area contributed by atoms with Crippen molar-refractivity contribution in [3.63, 3.8) is 0 Å². The predicted molar refractivity (Wildman–Crippen MR) is 90.4 cm³/mol. The van der Waals surface area contributed by atoms with Crippen molar-refractivity contribution in [2.24, 2.45) is 0 Å². The number of alkyl halides is 1. The van der Waals surface area contributed by atoms with Crippen molar-refractivity contribution in [2.75, 3.05) is 0 Å². The van der Waals surface area contributed by atoms with Crippen molar-refractivity contribution < 1.29 is 9.18 Å². The Morgan fingerprint density at radius 1 is 1.38 bits per heavy atom. The molecule has 0 saturated carbocycles. The Labute approximate surface area is 146 Å². The fraction of sp³-hybridized carbons (Fsp3) is 0.294. The molecular weight excluding hydrogens is 375 g/mol. The molecule has 0 bridgehead atoms. The van der Waals surface area contributed by atoms with Crippen LogP contribution in [0.25, 0.3) is 11.0 Å². The Morgan fingerprint density at radius 2 is 2.21 bits per heavy atom. The molecule has 0 fully saturated rings. The molecule has 24 heavy (non-hydrogen) atoms. The smallest absolute Gasteiger partial charge is 0.236 e. The number of Topliss-reactive ketones (excluding diaryl/α,β-unsaturated/α-hetero) is 1. The van der Waals surface area contributed by atoms with Gasteiger partial charge in [0, 0.05) is 29.2 Å². The molecule has 1 atom stereocenters. The molecule has 122 valence electrons. The van der Waals surface area contributed by atoms with Crippen LogP contribution in [-0.2, 0) is 23.4 Å². The molecule has 0 radical (unpaired) electrons. The molecule has 5 nitrogen and oxygen atoms in total. The molecule has 1 aliphatic carbocycles. The van der Waals surface area contributed by atoms with E-state index >= 15 is 4.39 Å². The van der Waals surface area contributed by atoms with Crippen LogP contribution in [-0.4, -0.2) is 25.5 Å². The topological polar surface area (TPSA) is 60.7 Å². The number of nitrogens with zero attached hydrogens (tertiary/aromatic N) is 4. The fourth-order valence-electron chi connectivity index (χ4n) is 3.23. The summed E-state index contributed by atoms with van der Waals surface area (Å²) in [6.07, 6.45) is 3.95. The van der Waals surface area contributed by atoms with Crippen LogP contribution < -0.4 is 0 Å². The Bertz CT molecular complexity index is 970. The molecule has 3 aromatic rings. The van der Waals surface area contributed by atoms with E-state index in [9.17, 15) is 4.79 Å². The lowest BCUT2D eigenvalue weighted by Gasteiger charge is -2.19. The molecular formula is C17H14BrFN4O. The summed E-state index contributed by atoms with van der Waals surface area (Å²) in [5.74, 6) is -0.501. The highest BCUT2D eigenvalue weighted by molar-refractivity contribution is 9.10. The van der Waals surface area contributed by atoms with Crippen LogP contribution in [0.3, 0.4) is 0 Å². The summed E-state index contributed by atoms with van der Waals surface area (Å²) in [5.41, 5.74) is -0.734. The minimum absolute atomic E-state index is 0.0632. The van der Waals surface area contributed by atoms with Crippen molar-refractivity contribution >= 4 is 32.7 Å². The van der Waals surface area contributed by atoms with Gasteiger partial charge in [-0.3, -0.25) is 9.48 Å². The standard InChI is InChI=1S/C17H14BrFN4O/c1-2-5-23-8-12-15(20-9-21-16(12)22-23)17(19)13-7-11(18)4-3-10(13)6-14(17)24/h3-4,7-9H,2,5-6H2,1H3. The monoisotopic (exact) mass is 388 g/mol. The van der Waals surface area contributed by atoms with Gasteiger partial charge >= 0.3 is 0 Å². The summed E-state index contributed by atoms with van der Waals surface area (Å²) in [5, 5.41) is 4.82. The highest BCUT2D eigenvalue weighted by Gasteiger charge is 2.51. The van der Waals surface area contributed by atoms with Gasteiger partial charge in [0.05, 0.1) is 5.39 Å². The minimum atomic E-state index is -2.26. The number of hydrogen-bond acceptors (Lipinski definition) is 4. The first-order valence-corrected chi connectivity index (χ1v) is 8.53. The van der Waals surface area contributed by atoms with Gasteiger partial charge in [0.15, 0.2) is 11.4 Å². The molecule has 2 aromatic heterocycles. The second-order valence-corrected chi connectivity index (χ2v) is 6.83. The van der Waals surface area contributed by atoms with Crippen LogP contribution in [0, 0.1) is 0 Å². The molecule has 4 rings (SSSR count). The average molecular weight is 389 g/mol. The fourth-order valence-corrected chi connectivity index (χ4v) is 3.59. The SMILES string of the molecule is CCCn1cc2c(C3(F)C(=O)Cc4ccc(Br)cc43)ncnc2n1. The first-order valence-electron chi connectivity index (χ1n) is 7.73. The van der Waals surface area contributed by atoms with Gasteiger partial charge in [0.2, 0.25) is 5.67 Å². The van der Waals surface area contributed by atoms with Gasteiger partial charge in [-0.05, 0) is 24.1 Å². The van der Waals surface area contributed by atoms with E-state index in [4.69, 9.17) is 0 Å². The Kier molecular flexibility index (Phi) is 3.49. The molecule has 1 aliphatic rings. The summed E-state index contributed by atoms with van der Waals surface area (Å²) >= 11 is 3.36. The highest BCUT2D eigenvalue weighted by atomic mass is 79.9. The molecule has 0 spiro atoms. The summed E-state index contributed by atoms with van der Waals surface area (Å²) in [4.78, 5) is 20.8. The minimum Gasteiger partial charge on any atom is -0.295 e. The van der Waals surface area contributed by atoms with E-state index in [1.54, 1.807) is 23.0 Å². The molecule has 1 aromatic carbocycles.